The Morgan fingerprint density at radius 2 is 1.79 bits per heavy atom. The van der Waals surface area contributed by atoms with Gasteiger partial charge in [0.05, 0.1) is 4.90 Å². The molecule has 1 aromatic carbocycles. The predicted octanol–water partition coefficient (Wildman–Crippen LogP) is 2.25. The lowest BCUT2D eigenvalue weighted by Gasteiger charge is -2.25. The number of aryl methyl sites for hydroxylation is 1. The van der Waals surface area contributed by atoms with Gasteiger partial charge in [-0.2, -0.15) is 4.31 Å². The van der Waals surface area contributed by atoms with Crippen molar-refractivity contribution < 1.29 is 22.7 Å². The maximum atomic E-state index is 12.6. The Morgan fingerprint density at radius 3 is 2.41 bits per heavy atom. The second-order valence-corrected chi connectivity index (χ2v) is 9.90. The summed E-state index contributed by atoms with van der Waals surface area (Å²) in [7, 11) is -3.44. The number of carbonyl (C=O) groups is 2. The summed E-state index contributed by atoms with van der Waals surface area (Å²) in [5.41, 5.74) is 0.853. The summed E-state index contributed by atoms with van der Waals surface area (Å²) in [5.74, 6) is -0.161. The third-order valence-electron chi connectivity index (χ3n) is 5.58. The van der Waals surface area contributed by atoms with Gasteiger partial charge in [-0.15, -0.1) is 0 Å². The summed E-state index contributed by atoms with van der Waals surface area (Å²) in [6.45, 7) is 2.85. The molecule has 0 radical (unpaired) electrons. The molecule has 1 amide bonds. The summed E-state index contributed by atoms with van der Waals surface area (Å²) in [5, 5.41) is 2.84. The first-order chi connectivity index (χ1) is 13.9. The summed E-state index contributed by atoms with van der Waals surface area (Å²) >= 11 is 0. The summed E-state index contributed by atoms with van der Waals surface area (Å²) < 4.78 is 31.9. The van der Waals surface area contributed by atoms with Crippen LogP contribution in [0.5, 0.6) is 0 Å². The van der Waals surface area contributed by atoms with Gasteiger partial charge in [0, 0.05) is 25.6 Å². The van der Waals surface area contributed by atoms with E-state index in [0.717, 1.165) is 37.7 Å². The fraction of sp³-hybridized carbons (Fsp3) is 0.619. The van der Waals surface area contributed by atoms with Gasteiger partial charge in [-0.25, -0.2) is 8.42 Å². The average Bonchev–Trinajstić information content (AvgIpc) is 3.57. The fourth-order valence-corrected chi connectivity index (χ4v) is 5.07. The van der Waals surface area contributed by atoms with E-state index < -0.39 is 16.0 Å². The molecule has 160 valence electrons. The first kappa shape index (κ1) is 21.8. The predicted molar refractivity (Wildman–Crippen MR) is 109 cm³/mol. The third-order valence-corrected chi connectivity index (χ3v) is 7.49. The molecule has 0 aromatic heterocycles. The SMILES string of the molecule is C[C@H](NC(=O)COC(=O)CCc1ccc(S(=O)(=O)N2CCCCC2)cc1)C1CC1. The van der Waals surface area contributed by atoms with Crippen LogP contribution >= 0.6 is 0 Å². The number of nitrogens with zero attached hydrogens (tertiary/aromatic N) is 1. The molecule has 1 aliphatic carbocycles. The van der Waals surface area contributed by atoms with Gasteiger partial charge >= 0.3 is 5.97 Å². The Balaban J connectivity index is 1.42. The molecule has 2 aliphatic rings. The number of esters is 1. The standard InChI is InChI=1S/C21H30N2O5S/c1-16(18-8-9-18)22-20(24)15-28-21(25)12-7-17-5-10-19(11-6-17)29(26,27)23-13-3-2-4-14-23/h5-6,10-11,16,18H,2-4,7-9,12-15H2,1H3,(H,22,24)/t16-/m0/s1. The molecule has 3 rings (SSSR count). The number of piperidine rings is 1. The molecule has 0 bridgehead atoms. The van der Waals surface area contributed by atoms with Crippen LogP contribution in [0, 0.1) is 5.92 Å². The van der Waals surface area contributed by atoms with Crippen LogP contribution in [-0.4, -0.2) is 50.3 Å². The molecule has 29 heavy (non-hydrogen) atoms. The second kappa shape index (κ2) is 9.71. The van der Waals surface area contributed by atoms with E-state index in [1.54, 1.807) is 24.3 Å². The zero-order valence-electron chi connectivity index (χ0n) is 16.9. The number of sulfonamides is 1. The lowest BCUT2D eigenvalue weighted by Crippen LogP contribution is -2.37. The van der Waals surface area contributed by atoms with E-state index in [0.29, 0.717) is 25.4 Å². The number of ether oxygens (including phenoxy) is 1. The first-order valence-corrected chi connectivity index (χ1v) is 11.8. The minimum atomic E-state index is -3.44. The van der Waals surface area contributed by atoms with E-state index in [2.05, 4.69) is 5.32 Å². The number of rotatable bonds is 9. The molecule has 1 heterocycles. The molecule has 1 aromatic rings. The number of amides is 1. The van der Waals surface area contributed by atoms with Crippen molar-refractivity contribution in [3.05, 3.63) is 29.8 Å². The highest BCUT2D eigenvalue weighted by molar-refractivity contribution is 7.89. The molecule has 1 saturated carbocycles. The molecular formula is C21H30N2O5S. The van der Waals surface area contributed by atoms with Gasteiger partial charge in [0.2, 0.25) is 10.0 Å². The number of hydrogen-bond acceptors (Lipinski definition) is 5. The first-order valence-electron chi connectivity index (χ1n) is 10.4. The van der Waals surface area contributed by atoms with Gasteiger partial charge in [0.25, 0.3) is 5.91 Å². The minimum absolute atomic E-state index is 0.126. The number of hydrogen-bond donors (Lipinski definition) is 1. The Labute approximate surface area is 172 Å². The fourth-order valence-electron chi connectivity index (χ4n) is 3.56. The molecule has 7 nitrogen and oxygen atoms in total. The van der Waals surface area contributed by atoms with E-state index in [-0.39, 0.29) is 29.9 Å². The summed E-state index contributed by atoms with van der Waals surface area (Å²) in [6.07, 6.45) is 5.72. The Morgan fingerprint density at radius 1 is 1.14 bits per heavy atom. The highest BCUT2D eigenvalue weighted by Crippen LogP contribution is 2.32. The molecule has 2 fully saturated rings. The number of carbonyl (C=O) groups excluding carboxylic acids is 2. The lowest BCUT2D eigenvalue weighted by molar-refractivity contribution is -0.148. The van der Waals surface area contributed by atoms with Gasteiger partial charge in [0.15, 0.2) is 6.61 Å². The van der Waals surface area contributed by atoms with Crippen LogP contribution in [0.2, 0.25) is 0 Å². The maximum Gasteiger partial charge on any atom is 0.306 e. The third kappa shape index (κ3) is 6.27. The summed E-state index contributed by atoms with van der Waals surface area (Å²) in [6, 6.07) is 6.78. The van der Waals surface area contributed by atoms with Crippen LogP contribution in [0.4, 0.5) is 0 Å². The Kier molecular flexibility index (Phi) is 7.29. The van der Waals surface area contributed by atoms with Gasteiger partial charge in [-0.1, -0.05) is 18.6 Å². The van der Waals surface area contributed by atoms with Crippen LogP contribution in [0.15, 0.2) is 29.2 Å². The van der Waals surface area contributed by atoms with Crippen molar-refractivity contribution in [3.63, 3.8) is 0 Å². The normalized spacial score (nSPS) is 18.8. The van der Waals surface area contributed by atoms with E-state index >= 15 is 0 Å². The van der Waals surface area contributed by atoms with Crippen LogP contribution < -0.4 is 5.32 Å². The van der Waals surface area contributed by atoms with Crippen LogP contribution in [0.25, 0.3) is 0 Å². The van der Waals surface area contributed by atoms with Gasteiger partial charge < -0.3 is 10.1 Å². The van der Waals surface area contributed by atoms with Crippen molar-refractivity contribution >= 4 is 21.9 Å². The molecule has 0 spiro atoms. The number of benzene rings is 1. The molecule has 0 unspecified atom stereocenters. The summed E-state index contributed by atoms with van der Waals surface area (Å²) in [4.78, 5) is 23.9. The minimum Gasteiger partial charge on any atom is -0.456 e. The zero-order valence-corrected chi connectivity index (χ0v) is 17.7. The van der Waals surface area contributed by atoms with E-state index in [1.165, 1.54) is 4.31 Å². The van der Waals surface area contributed by atoms with Crippen LogP contribution in [-0.2, 0) is 30.8 Å². The maximum absolute atomic E-state index is 12.6. The van der Waals surface area contributed by atoms with E-state index in [9.17, 15) is 18.0 Å². The monoisotopic (exact) mass is 422 g/mol. The van der Waals surface area contributed by atoms with Gasteiger partial charge in [-0.05, 0) is 62.6 Å². The average molecular weight is 423 g/mol. The molecule has 1 saturated heterocycles. The van der Waals surface area contributed by atoms with Crippen LogP contribution in [0.3, 0.4) is 0 Å². The molecule has 1 atom stereocenters. The molecule has 8 heteroatoms. The van der Waals surface area contributed by atoms with Crippen molar-refractivity contribution in [2.24, 2.45) is 5.92 Å². The van der Waals surface area contributed by atoms with Crippen molar-refractivity contribution in [2.75, 3.05) is 19.7 Å². The Hall–Kier alpha value is -1.93. The highest BCUT2D eigenvalue weighted by atomic mass is 32.2. The van der Waals surface area contributed by atoms with Gasteiger partial charge in [-0.3, -0.25) is 9.59 Å². The second-order valence-electron chi connectivity index (χ2n) is 7.96. The smallest absolute Gasteiger partial charge is 0.306 e. The topological polar surface area (TPSA) is 92.8 Å². The zero-order chi connectivity index (χ0) is 20.9. The number of nitrogens with one attached hydrogen (secondary N) is 1. The quantitative estimate of drug-likeness (QED) is 0.616. The van der Waals surface area contributed by atoms with Crippen molar-refractivity contribution in [3.8, 4) is 0 Å². The molecular weight excluding hydrogens is 392 g/mol. The highest BCUT2D eigenvalue weighted by Gasteiger charge is 2.29. The Bertz CT molecular complexity index is 812. The molecule has 1 aliphatic heterocycles. The largest absolute Gasteiger partial charge is 0.456 e. The van der Waals surface area contributed by atoms with E-state index in [1.807, 2.05) is 6.92 Å². The van der Waals surface area contributed by atoms with Gasteiger partial charge in [0.1, 0.15) is 0 Å². The van der Waals surface area contributed by atoms with Crippen molar-refractivity contribution in [1.29, 1.82) is 0 Å². The van der Waals surface area contributed by atoms with Crippen molar-refractivity contribution in [1.82, 2.24) is 9.62 Å². The van der Waals surface area contributed by atoms with Crippen LogP contribution in [0.1, 0.15) is 51.0 Å². The van der Waals surface area contributed by atoms with E-state index in [4.69, 9.17) is 4.74 Å². The van der Waals surface area contributed by atoms with Crippen molar-refractivity contribution in [2.45, 2.75) is 62.8 Å². The lowest BCUT2D eigenvalue weighted by atomic mass is 10.1. The molecule has 1 N–H and O–H groups in total.